The second kappa shape index (κ2) is 9.19. The van der Waals surface area contributed by atoms with Crippen molar-refractivity contribution in [1.82, 2.24) is 29.4 Å². The predicted molar refractivity (Wildman–Crippen MR) is 140 cm³/mol. The smallest absolute Gasteiger partial charge is 0.363 e. The molecule has 6 rings (SSSR count). The number of nitrogens with one attached hydrogen (secondary N) is 3. The van der Waals surface area contributed by atoms with E-state index in [0.717, 1.165) is 15.9 Å². The van der Waals surface area contributed by atoms with Gasteiger partial charge in [-0.25, -0.2) is 9.97 Å². The molecule has 0 saturated heterocycles. The van der Waals surface area contributed by atoms with E-state index in [-0.39, 0.29) is 11.9 Å². The van der Waals surface area contributed by atoms with E-state index in [9.17, 15) is 18.0 Å². The SMILES string of the molecule is Cc1ccn2c1C(=O)N(c1ccccc1)C([C@H](C)Nc1ncnc3[nH]cc(-c4ccn(CC(F)(F)F)n4)c13)N2. The first kappa shape index (κ1) is 24.5. The summed E-state index contributed by atoms with van der Waals surface area (Å²) in [5.74, 6) is 0.303. The summed E-state index contributed by atoms with van der Waals surface area (Å²) in [6.45, 7) is 2.61. The number of anilines is 2. The van der Waals surface area contributed by atoms with Crippen molar-refractivity contribution in [3.63, 3.8) is 0 Å². The van der Waals surface area contributed by atoms with E-state index in [1.165, 1.54) is 18.6 Å². The summed E-state index contributed by atoms with van der Waals surface area (Å²) < 4.78 is 41.2. The molecule has 3 N–H and O–H groups in total. The molecular weight excluding hydrogens is 511 g/mol. The van der Waals surface area contributed by atoms with Crippen LogP contribution in [-0.4, -0.2) is 53.7 Å². The van der Waals surface area contributed by atoms with Gasteiger partial charge >= 0.3 is 6.18 Å². The number of para-hydroxylation sites is 1. The van der Waals surface area contributed by atoms with Gasteiger partial charge in [0.2, 0.25) is 0 Å². The molecule has 200 valence electrons. The van der Waals surface area contributed by atoms with Gasteiger partial charge in [0.15, 0.2) is 0 Å². The van der Waals surface area contributed by atoms with Crippen LogP contribution < -0.4 is 15.6 Å². The molecule has 0 spiro atoms. The molecule has 0 bridgehead atoms. The van der Waals surface area contributed by atoms with Crippen molar-refractivity contribution < 1.29 is 18.0 Å². The lowest BCUT2D eigenvalue weighted by atomic mass is 10.1. The van der Waals surface area contributed by atoms with Gasteiger partial charge in [0.05, 0.1) is 17.1 Å². The minimum atomic E-state index is -4.39. The monoisotopic (exact) mass is 535 g/mol. The number of rotatable bonds is 6. The van der Waals surface area contributed by atoms with Crippen LogP contribution in [-0.2, 0) is 6.54 Å². The molecule has 5 heterocycles. The third kappa shape index (κ3) is 4.45. The fourth-order valence-electron chi connectivity index (χ4n) is 4.90. The molecule has 0 fully saturated rings. The summed E-state index contributed by atoms with van der Waals surface area (Å²) in [4.78, 5) is 27.2. The lowest BCUT2D eigenvalue weighted by Gasteiger charge is -2.41. The summed E-state index contributed by atoms with van der Waals surface area (Å²) in [6.07, 6.45) is 1.23. The molecule has 4 aromatic heterocycles. The number of carbonyl (C=O) groups is 1. The zero-order chi connectivity index (χ0) is 27.3. The number of aromatic nitrogens is 6. The molecule has 2 atom stereocenters. The molecule has 0 radical (unpaired) electrons. The highest BCUT2D eigenvalue weighted by Crippen LogP contribution is 2.33. The quantitative estimate of drug-likeness (QED) is 0.295. The average Bonchev–Trinajstić information content (AvgIpc) is 3.62. The first-order valence-corrected chi connectivity index (χ1v) is 12.2. The number of amides is 1. The Morgan fingerprint density at radius 2 is 1.90 bits per heavy atom. The number of alkyl halides is 3. The summed E-state index contributed by atoms with van der Waals surface area (Å²) in [5, 5.41) is 8.09. The molecule has 13 heteroatoms. The molecule has 39 heavy (non-hydrogen) atoms. The number of nitrogens with zero attached hydrogens (tertiary/aromatic N) is 6. The van der Waals surface area contributed by atoms with E-state index in [2.05, 4.69) is 30.8 Å². The Morgan fingerprint density at radius 1 is 1.10 bits per heavy atom. The van der Waals surface area contributed by atoms with E-state index in [0.29, 0.717) is 33.8 Å². The van der Waals surface area contributed by atoms with Gasteiger partial charge in [-0.2, -0.15) is 18.3 Å². The van der Waals surface area contributed by atoms with Gasteiger partial charge in [0.25, 0.3) is 5.91 Å². The number of carbonyl (C=O) groups excluding carboxylic acids is 1. The Kier molecular flexibility index (Phi) is 5.78. The van der Waals surface area contributed by atoms with Crippen molar-refractivity contribution >= 4 is 28.4 Å². The van der Waals surface area contributed by atoms with Crippen LogP contribution in [0.5, 0.6) is 0 Å². The van der Waals surface area contributed by atoms with Crippen LogP contribution in [0.25, 0.3) is 22.3 Å². The van der Waals surface area contributed by atoms with Gasteiger partial charge in [0.1, 0.15) is 36.2 Å². The Labute approximate surface area is 220 Å². The Balaban J connectivity index is 1.36. The maximum atomic E-state index is 13.7. The summed E-state index contributed by atoms with van der Waals surface area (Å²) in [5.41, 5.74) is 6.94. The largest absolute Gasteiger partial charge is 0.408 e. The van der Waals surface area contributed by atoms with Crippen LogP contribution in [0.3, 0.4) is 0 Å². The van der Waals surface area contributed by atoms with Crippen LogP contribution in [0.4, 0.5) is 24.7 Å². The highest BCUT2D eigenvalue weighted by atomic mass is 19.4. The Morgan fingerprint density at radius 3 is 2.67 bits per heavy atom. The number of H-pyrrole nitrogens is 1. The third-order valence-corrected chi connectivity index (χ3v) is 6.66. The normalized spacial score (nSPS) is 16.3. The lowest BCUT2D eigenvalue weighted by molar-refractivity contribution is -0.142. The van der Waals surface area contributed by atoms with Crippen molar-refractivity contribution in [3.8, 4) is 11.3 Å². The number of aryl methyl sites for hydroxylation is 1. The highest BCUT2D eigenvalue weighted by molar-refractivity contribution is 6.08. The third-order valence-electron chi connectivity index (χ3n) is 6.66. The van der Waals surface area contributed by atoms with Crippen LogP contribution in [0, 0.1) is 6.92 Å². The summed E-state index contributed by atoms with van der Waals surface area (Å²) in [7, 11) is 0. The number of hydrogen-bond donors (Lipinski definition) is 3. The second-order valence-electron chi connectivity index (χ2n) is 9.40. The molecule has 1 aliphatic rings. The second-order valence-corrected chi connectivity index (χ2v) is 9.40. The first-order chi connectivity index (χ1) is 18.7. The van der Waals surface area contributed by atoms with Gasteiger partial charge in [-0.05, 0) is 43.7 Å². The van der Waals surface area contributed by atoms with Crippen LogP contribution in [0.2, 0.25) is 0 Å². The van der Waals surface area contributed by atoms with E-state index in [1.54, 1.807) is 15.8 Å². The van der Waals surface area contributed by atoms with Crippen molar-refractivity contribution in [2.45, 2.75) is 38.8 Å². The fourth-order valence-corrected chi connectivity index (χ4v) is 4.90. The molecule has 1 aliphatic heterocycles. The van der Waals surface area contributed by atoms with Crippen molar-refractivity contribution in [1.29, 1.82) is 0 Å². The zero-order valence-corrected chi connectivity index (χ0v) is 20.9. The maximum Gasteiger partial charge on any atom is 0.408 e. The molecule has 1 amide bonds. The van der Waals surface area contributed by atoms with E-state index in [4.69, 9.17) is 0 Å². The molecular formula is C26H24F3N9O. The summed E-state index contributed by atoms with van der Waals surface area (Å²) >= 11 is 0. The highest BCUT2D eigenvalue weighted by Gasteiger charge is 2.38. The molecule has 5 aromatic rings. The first-order valence-electron chi connectivity index (χ1n) is 12.2. The molecule has 1 unspecified atom stereocenters. The Bertz CT molecular complexity index is 1650. The van der Waals surface area contributed by atoms with Crippen LogP contribution >= 0.6 is 0 Å². The number of aromatic amines is 1. The van der Waals surface area contributed by atoms with E-state index >= 15 is 0 Å². The van der Waals surface area contributed by atoms with Crippen LogP contribution in [0.1, 0.15) is 23.0 Å². The fraction of sp³-hybridized carbons (Fsp3) is 0.231. The topological polar surface area (TPSA) is 109 Å². The van der Waals surface area contributed by atoms with Gasteiger partial charge < -0.3 is 15.7 Å². The van der Waals surface area contributed by atoms with Gasteiger partial charge in [-0.15, -0.1) is 0 Å². The van der Waals surface area contributed by atoms with Crippen molar-refractivity contribution in [2.24, 2.45) is 0 Å². The minimum absolute atomic E-state index is 0.147. The lowest BCUT2D eigenvalue weighted by Crippen LogP contribution is -2.59. The van der Waals surface area contributed by atoms with E-state index < -0.39 is 18.9 Å². The number of benzene rings is 1. The number of hydrogen-bond acceptors (Lipinski definition) is 6. The van der Waals surface area contributed by atoms with Gasteiger partial charge in [-0.1, -0.05) is 18.2 Å². The predicted octanol–water partition coefficient (Wildman–Crippen LogP) is 4.52. The number of fused-ring (bicyclic) bond motifs is 2. The van der Waals surface area contributed by atoms with Crippen molar-refractivity contribution in [2.75, 3.05) is 15.6 Å². The summed E-state index contributed by atoms with van der Waals surface area (Å²) in [6, 6.07) is 12.4. The van der Waals surface area contributed by atoms with Gasteiger partial charge in [0, 0.05) is 29.8 Å². The van der Waals surface area contributed by atoms with Crippen molar-refractivity contribution in [3.05, 3.63) is 78.6 Å². The molecule has 0 aliphatic carbocycles. The maximum absolute atomic E-state index is 13.7. The minimum Gasteiger partial charge on any atom is -0.363 e. The van der Waals surface area contributed by atoms with Crippen LogP contribution in [0.15, 0.2) is 67.4 Å². The number of halogens is 3. The molecule has 0 saturated carbocycles. The van der Waals surface area contributed by atoms with E-state index in [1.807, 2.05) is 56.4 Å². The standard InChI is InChI=1S/C26H24F3N9O/c1-15-8-11-37-21(15)25(39)38(17-6-4-3-5-7-17)24(35-37)16(2)33-23-20-18(12-30-22(20)31-14-32-23)19-9-10-36(34-19)13-26(27,28)29/h3-12,14,16,24,35H,13H2,1-2H3,(H2,30,31,32,33)/t16-,24?/m0/s1. The zero-order valence-electron chi connectivity index (χ0n) is 20.9. The average molecular weight is 536 g/mol. The molecule has 1 aromatic carbocycles. The Hall–Kier alpha value is -4.81. The van der Waals surface area contributed by atoms with Gasteiger partial charge in [-0.3, -0.25) is 19.1 Å². The molecule has 10 nitrogen and oxygen atoms in total.